The Kier molecular flexibility index (Phi) is 3.48. The number of aryl methyl sites for hydroxylation is 1. The monoisotopic (exact) mass is 278 g/mol. The molecule has 1 aliphatic heterocycles. The number of pyridine rings is 1. The molecule has 1 aromatic carbocycles. The third kappa shape index (κ3) is 2.60. The van der Waals surface area contributed by atoms with Gasteiger partial charge in [0.25, 0.3) is 0 Å². The first-order valence-electron chi connectivity index (χ1n) is 8.16. The highest BCUT2D eigenvalue weighted by atomic mass is 15.2. The van der Waals surface area contributed by atoms with Crippen molar-refractivity contribution in [2.45, 2.75) is 38.1 Å². The molecule has 1 aromatic heterocycles. The van der Waals surface area contributed by atoms with E-state index in [0.29, 0.717) is 0 Å². The first-order chi connectivity index (χ1) is 10.4. The van der Waals surface area contributed by atoms with E-state index in [1.54, 1.807) is 11.1 Å². The van der Waals surface area contributed by atoms with E-state index in [1.165, 1.54) is 56.3 Å². The number of rotatable bonds is 2. The fourth-order valence-corrected chi connectivity index (χ4v) is 3.87. The molecule has 2 heteroatoms. The Morgan fingerprint density at radius 2 is 1.90 bits per heavy atom. The standard InChI is InChI=1S/C19H22N2/c1-2-11-21(10-1)19-8-7-15-12-16(5-6-17(15)13-19)18-4-3-9-20-14-18/h3-6,9,12,14,19H,1-2,7-8,10-11,13H2. The topological polar surface area (TPSA) is 16.1 Å². The minimum atomic E-state index is 0.782. The van der Waals surface area contributed by atoms with Crippen molar-refractivity contribution in [3.63, 3.8) is 0 Å². The number of likely N-dealkylation sites (tertiary alicyclic amines) is 1. The Morgan fingerprint density at radius 1 is 1.00 bits per heavy atom. The normalized spacial score (nSPS) is 22.2. The van der Waals surface area contributed by atoms with Crippen molar-refractivity contribution in [3.8, 4) is 11.1 Å². The van der Waals surface area contributed by atoms with E-state index in [0.717, 1.165) is 6.04 Å². The molecule has 1 unspecified atom stereocenters. The van der Waals surface area contributed by atoms with Crippen LogP contribution in [0.1, 0.15) is 30.4 Å². The highest BCUT2D eigenvalue weighted by molar-refractivity contribution is 5.64. The van der Waals surface area contributed by atoms with Crippen LogP contribution in [0.25, 0.3) is 11.1 Å². The number of nitrogens with zero attached hydrogens (tertiary/aromatic N) is 2. The first-order valence-corrected chi connectivity index (χ1v) is 8.16. The SMILES string of the molecule is c1cncc(-c2ccc3c(c2)CCC(N2CCCC2)C3)c1. The third-order valence-electron chi connectivity index (χ3n) is 5.06. The summed E-state index contributed by atoms with van der Waals surface area (Å²) < 4.78 is 0. The maximum absolute atomic E-state index is 4.23. The molecule has 0 saturated carbocycles. The van der Waals surface area contributed by atoms with Gasteiger partial charge in [0, 0.05) is 18.4 Å². The minimum absolute atomic E-state index is 0.782. The van der Waals surface area contributed by atoms with Crippen LogP contribution in [0, 0.1) is 0 Å². The molecule has 0 N–H and O–H groups in total. The van der Waals surface area contributed by atoms with Crippen LogP contribution in [-0.4, -0.2) is 29.0 Å². The van der Waals surface area contributed by atoms with Gasteiger partial charge in [0.15, 0.2) is 0 Å². The van der Waals surface area contributed by atoms with Gasteiger partial charge in [0.2, 0.25) is 0 Å². The van der Waals surface area contributed by atoms with Crippen LogP contribution in [0.2, 0.25) is 0 Å². The maximum atomic E-state index is 4.23. The molecule has 21 heavy (non-hydrogen) atoms. The van der Waals surface area contributed by atoms with Crippen molar-refractivity contribution in [1.82, 2.24) is 9.88 Å². The summed E-state index contributed by atoms with van der Waals surface area (Å²) in [6, 6.07) is 11.9. The van der Waals surface area contributed by atoms with Gasteiger partial charge in [-0.15, -0.1) is 0 Å². The van der Waals surface area contributed by atoms with Crippen LogP contribution in [0.15, 0.2) is 42.7 Å². The number of aromatic nitrogens is 1. The van der Waals surface area contributed by atoms with Crippen LogP contribution in [0.3, 0.4) is 0 Å². The zero-order valence-electron chi connectivity index (χ0n) is 12.5. The second kappa shape index (κ2) is 5.61. The van der Waals surface area contributed by atoms with E-state index in [2.05, 4.69) is 34.1 Å². The van der Waals surface area contributed by atoms with Crippen molar-refractivity contribution in [3.05, 3.63) is 53.9 Å². The van der Waals surface area contributed by atoms with Gasteiger partial charge in [-0.25, -0.2) is 0 Å². The lowest BCUT2D eigenvalue weighted by Crippen LogP contribution is -2.37. The molecule has 2 heterocycles. The lowest BCUT2D eigenvalue weighted by atomic mass is 9.86. The predicted octanol–water partition coefficient (Wildman–Crippen LogP) is 3.70. The summed E-state index contributed by atoms with van der Waals surface area (Å²) in [4.78, 5) is 6.94. The fraction of sp³-hybridized carbons (Fsp3) is 0.421. The predicted molar refractivity (Wildman–Crippen MR) is 86.3 cm³/mol. The van der Waals surface area contributed by atoms with Crippen molar-refractivity contribution in [2.75, 3.05) is 13.1 Å². The molecule has 0 spiro atoms. The molecule has 2 nitrogen and oxygen atoms in total. The fourth-order valence-electron chi connectivity index (χ4n) is 3.87. The molecule has 0 radical (unpaired) electrons. The maximum Gasteiger partial charge on any atom is 0.0346 e. The van der Waals surface area contributed by atoms with Gasteiger partial charge >= 0.3 is 0 Å². The Morgan fingerprint density at radius 3 is 2.71 bits per heavy atom. The molecule has 2 aliphatic rings. The first kappa shape index (κ1) is 13.0. The molecule has 108 valence electrons. The van der Waals surface area contributed by atoms with Crippen LogP contribution >= 0.6 is 0 Å². The Hall–Kier alpha value is -1.67. The van der Waals surface area contributed by atoms with E-state index < -0.39 is 0 Å². The quantitative estimate of drug-likeness (QED) is 0.832. The second-order valence-corrected chi connectivity index (χ2v) is 6.36. The summed E-state index contributed by atoms with van der Waals surface area (Å²) in [6.07, 6.45) is 10.4. The molecule has 1 fully saturated rings. The van der Waals surface area contributed by atoms with E-state index in [-0.39, 0.29) is 0 Å². The summed E-state index contributed by atoms with van der Waals surface area (Å²) in [6.45, 7) is 2.63. The van der Waals surface area contributed by atoms with Gasteiger partial charge in [-0.2, -0.15) is 0 Å². The minimum Gasteiger partial charge on any atom is -0.300 e. The Bertz CT molecular complexity index is 615. The van der Waals surface area contributed by atoms with Gasteiger partial charge in [-0.05, 0) is 73.5 Å². The van der Waals surface area contributed by atoms with Gasteiger partial charge in [-0.3, -0.25) is 4.98 Å². The summed E-state index contributed by atoms with van der Waals surface area (Å²) >= 11 is 0. The molecular weight excluding hydrogens is 256 g/mol. The van der Waals surface area contributed by atoms with Crippen LogP contribution < -0.4 is 0 Å². The van der Waals surface area contributed by atoms with Crippen LogP contribution in [-0.2, 0) is 12.8 Å². The van der Waals surface area contributed by atoms with Crippen LogP contribution in [0.4, 0.5) is 0 Å². The van der Waals surface area contributed by atoms with E-state index in [4.69, 9.17) is 0 Å². The molecule has 0 amide bonds. The molecule has 1 aliphatic carbocycles. The van der Waals surface area contributed by atoms with Crippen LogP contribution in [0.5, 0.6) is 0 Å². The molecule has 0 bridgehead atoms. The summed E-state index contributed by atoms with van der Waals surface area (Å²) in [5.74, 6) is 0. The summed E-state index contributed by atoms with van der Waals surface area (Å²) in [5, 5.41) is 0. The van der Waals surface area contributed by atoms with Gasteiger partial charge < -0.3 is 4.90 Å². The molecule has 4 rings (SSSR count). The second-order valence-electron chi connectivity index (χ2n) is 6.36. The highest BCUT2D eigenvalue weighted by Gasteiger charge is 2.26. The van der Waals surface area contributed by atoms with Crippen molar-refractivity contribution < 1.29 is 0 Å². The zero-order chi connectivity index (χ0) is 14.1. The van der Waals surface area contributed by atoms with Gasteiger partial charge in [0.05, 0.1) is 0 Å². The van der Waals surface area contributed by atoms with Crippen molar-refractivity contribution >= 4 is 0 Å². The number of benzene rings is 1. The van der Waals surface area contributed by atoms with E-state index >= 15 is 0 Å². The number of hydrogen-bond donors (Lipinski definition) is 0. The molecular formula is C19H22N2. The van der Waals surface area contributed by atoms with Gasteiger partial charge in [0.1, 0.15) is 0 Å². The number of hydrogen-bond acceptors (Lipinski definition) is 2. The van der Waals surface area contributed by atoms with Gasteiger partial charge in [-0.1, -0.05) is 24.3 Å². The van der Waals surface area contributed by atoms with E-state index in [9.17, 15) is 0 Å². The van der Waals surface area contributed by atoms with Crippen molar-refractivity contribution in [2.24, 2.45) is 0 Å². The third-order valence-corrected chi connectivity index (χ3v) is 5.06. The molecule has 1 atom stereocenters. The smallest absolute Gasteiger partial charge is 0.0346 e. The zero-order valence-corrected chi connectivity index (χ0v) is 12.5. The average molecular weight is 278 g/mol. The molecule has 1 saturated heterocycles. The largest absolute Gasteiger partial charge is 0.300 e. The Labute approximate surface area is 126 Å². The number of fused-ring (bicyclic) bond motifs is 1. The lowest BCUT2D eigenvalue weighted by molar-refractivity contribution is 0.222. The molecule has 2 aromatic rings. The highest BCUT2D eigenvalue weighted by Crippen LogP contribution is 2.30. The lowest BCUT2D eigenvalue weighted by Gasteiger charge is -2.32. The summed E-state index contributed by atoms with van der Waals surface area (Å²) in [5.41, 5.74) is 5.64. The van der Waals surface area contributed by atoms with E-state index in [1.807, 2.05) is 18.5 Å². The summed E-state index contributed by atoms with van der Waals surface area (Å²) in [7, 11) is 0. The van der Waals surface area contributed by atoms with Crippen molar-refractivity contribution in [1.29, 1.82) is 0 Å². The average Bonchev–Trinajstić information content (AvgIpc) is 3.09. The Balaban J connectivity index is 1.57.